The minimum Gasteiger partial charge on any atom is -0.251 e. The highest BCUT2D eigenvalue weighted by Crippen LogP contribution is 2.26. The van der Waals surface area contributed by atoms with Crippen molar-refractivity contribution in [3.63, 3.8) is 0 Å². The number of benzene rings is 1. The van der Waals surface area contributed by atoms with Gasteiger partial charge >= 0.3 is 0 Å². The molecule has 0 aliphatic carbocycles. The van der Waals surface area contributed by atoms with Gasteiger partial charge in [-0.3, -0.25) is 5.26 Å². The first kappa shape index (κ1) is 11.0. The average Bonchev–Trinajstić information content (AvgIpc) is 2.15. The van der Waals surface area contributed by atoms with Crippen LogP contribution in [0.2, 0.25) is 0 Å². The van der Waals surface area contributed by atoms with Gasteiger partial charge in [0.1, 0.15) is 11.9 Å². The summed E-state index contributed by atoms with van der Waals surface area (Å²) in [5, 5.41) is 8.26. The van der Waals surface area contributed by atoms with E-state index in [4.69, 9.17) is 5.26 Å². The van der Waals surface area contributed by atoms with Crippen molar-refractivity contribution in [1.29, 1.82) is 0 Å². The highest BCUT2D eigenvalue weighted by atomic mass is 19.2. The van der Waals surface area contributed by atoms with Crippen LogP contribution in [-0.2, 0) is 4.89 Å². The van der Waals surface area contributed by atoms with E-state index in [0.717, 1.165) is 6.07 Å². The maximum Gasteiger partial charge on any atom is 0.167 e. The van der Waals surface area contributed by atoms with Crippen LogP contribution in [0, 0.1) is 24.4 Å². The van der Waals surface area contributed by atoms with E-state index in [2.05, 4.69) is 4.89 Å². The van der Waals surface area contributed by atoms with Gasteiger partial charge in [0.2, 0.25) is 0 Å². The lowest BCUT2D eigenvalue weighted by Gasteiger charge is -2.12. The number of halogens is 3. The Morgan fingerprint density at radius 1 is 1.29 bits per heavy atom. The highest BCUT2D eigenvalue weighted by Gasteiger charge is 2.22. The van der Waals surface area contributed by atoms with Crippen LogP contribution in [0.25, 0.3) is 0 Å². The maximum atomic E-state index is 13.3. The highest BCUT2D eigenvalue weighted by molar-refractivity contribution is 5.29. The summed E-state index contributed by atoms with van der Waals surface area (Å²) in [7, 11) is 0. The summed E-state index contributed by atoms with van der Waals surface area (Å²) in [4.78, 5) is 3.76. The molecule has 2 nitrogen and oxygen atoms in total. The van der Waals surface area contributed by atoms with Gasteiger partial charge in [0.25, 0.3) is 0 Å². The van der Waals surface area contributed by atoms with Gasteiger partial charge in [0.15, 0.2) is 11.6 Å². The van der Waals surface area contributed by atoms with Crippen molar-refractivity contribution in [3.05, 3.63) is 34.6 Å². The Kier molecular flexibility index (Phi) is 3.13. The molecule has 1 N–H and O–H groups in total. The van der Waals surface area contributed by atoms with Crippen molar-refractivity contribution >= 4 is 0 Å². The van der Waals surface area contributed by atoms with Crippen molar-refractivity contribution in [2.24, 2.45) is 0 Å². The van der Waals surface area contributed by atoms with Gasteiger partial charge in [-0.15, -0.1) is 0 Å². The van der Waals surface area contributed by atoms with Gasteiger partial charge in [-0.2, -0.15) is 0 Å². The Morgan fingerprint density at radius 2 is 1.86 bits per heavy atom. The Hall–Kier alpha value is -1.07. The fourth-order valence-electron chi connectivity index (χ4n) is 1.16. The second kappa shape index (κ2) is 3.98. The number of hydrogen-bond acceptors (Lipinski definition) is 2. The van der Waals surface area contributed by atoms with E-state index in [1.807, 2.05) is 0 Å². The molecule has 0 saturated heterocycles. The van der Waals surface area contributed by atoms with Crippen LogP contribution >= 0.6 is 0 Å². The van der Waals surface area contributed by atoms with Crippen molar-refractivity contribution in [1.82, 2.24) is 0 Å². The van der Waals surface area contributed by atoms with Crippen molar-refractivity contribution in [3.8, 4) is 0 Å². The van der Waals surface area contributed by atoms with Crippen LogP contribution < -0.4 is 0 Å². The lowest BCUT2D eigenvalue weighted by Crippen LogP contribution is -2.07. The predicted octanol–water partition coefficient (Wildman–Crippen LogP) is 2.96. The zero-order valence-electron chi connectivity index (χ0n) is 7.64. The van der Waals surface area contributed by atoms with Crippen molar-refractivity contribution in [2.75, 3.05) is 0 Å². The molecular weight excluding hydrogens is 197 g/mol. The molecule has 0 amide bonds. The molecule has 14 heavy (non-hydrogen) atoms. The maximum absolute atomic E-state index is 13.3. The normalized spacial score (nSPS) is 13.0. The third-order valence-corrected chi connectivity index (χ3v) is 1.94. The Bertz CT molecular complexity index is 326. The van der Waals surface area contributed by atoms with Crippen LogP contribution in [0.15, 0.2) is 6.07 Å². The van der Waals surface area contributed by atoms with Crippen molar-refractivity contribution in [2.45, 2.75) is 20.0 Å². The van der Waals surface area contributed by atoms with Crippen LogP contribution in [0.3, 0.4) is 0 Å². The lowest BCUT2D eigenvalue weighted by molar-refractivity contribution is -0.278. The molecule has 0 fully saturated rings. The molecule has 0 spiro atoms. The molecule has 1 atom stereocenters. The van der Waals surface area contributed by atoms with Gasteiger partial charge in [-0.05, 0) is 25.5 Å². The number of aryl methyl sites for hydroxylation is 1. The van der Waals surface area contributed by atoms with E-state index in [1.165, 1.54) is 13.8 Å². The van der Waals surface area contributed by atoms with Gasteiger partial charge in [-0.1, -0.05) is 0 Å². The topological polar surface area (TPSA) is 29.5 Å². The molecule has 5 heteroatoms. The molecule has 78 valence electrons. The molecule has 0 aromatic heterocycles. The summed E-state index contributed by atoms with van der Waals surface area (Å²) >= 11 is 0. The summed E-state index contributed by atoms with van der Waals surface area (Å²) in [6.07, 6.45) is -1.25. The summed E-state index contributed by atoms with van der Waals surface area (Å²) in [5.74, 6) is -3.41. The zero-order chi connectivity index (χ0) is 10.9. The van der Waals surface area contributed by atoms with E-state index in [0.29, 0.717) is 0 Å². The summed E-state index contributed by atoms with van der Waals surface area (Å²) < 4.78 is 39.2. The zero-order valence-corrected chi connectivity index (χ0v) is 7.64. The van der Waals surface area contributed by atoms with E-state index in [-0.39, 0.29) is 5.56 Å². The largest absolute Gasteiger partial charge is 0.251 e. The lowest BCUT2D eigenvalue weighted by atomic mass is 10.1. The average molecular weight is 206 g/mol. The number of rotatable bonds is 2. The third kappa shape index (κ3) is 1.73. The molecule has 1 aromatic rings. The smallest absolute Gasteiger partial charge is 0.167 e. The van der Waals surface area contributed by atoms with E-state index >= 15 is 0 Å². The summed E-state index contributed by atoms with van der Waals surface area (Å²) in [5.41, 5.74) is -0.646. The van der Waals surface area contributed by atoms with Gasteiger partial charge in [0, 0.05) is 0 Å². The first-order chi connectivity index (χ1) is 6.49. The van der Waals surface area contributed by atoms with Gasteiger partial charge in [0.05, 0.1) is 5.56 Å². The molecule has 0 aliphatic heterocycles. The van der Waals surface area contributed by atoms with Crippen LogP contribution in [-0.4, -0.2) is 5.26 Å². The molecule has 0 saturated carbocycles. The first-order valence-corrected chi connectivity index (χ1v) is 3.93. The first-order valence-electron chi connectivity index (χ1n) is 3.93. The van der Waals surface area contributed by atoms with Crippen LogP contribution in [0.1, 0.15) is 24.2 Å². The molecule has 1 unspecified atom stereocenters. The standard InChI is InChI=1S/C9H9F3O2/c1-4-3-6(10)9(12)7(8(4)11)5(2)14-13/h3,5,13H,1-2H3. The molecular formula is C9H9F3O2. The molecule has 1 aromatic carbocycles. The SMILES string of the molecule is Cc1cc(F)c(F)c(C(C)OO)c1F. The third-order valence-electron chi connectivity index (χ3n) is 1.94. The summed E-state index contributed by atoms with van der Waals surface area (Å²) in [6, 6.07) is 0.748. The molecule has 0 radical (unpaired) electrons. The Labute approximate surface area is 78.9 Å². The molecule has 1 rings (SSSR count). The minimum absolute atomic E-state index is 0.0391. The minimum atomic E-state index is -1.34. The van der Waals surface area contributed by atoms with E-state index < -0.39 is 29.1 Å². The monoisotopic (exact) mass is 206 g/mol. The fraction of sp³-hybridized carbons (Fsp3) is 0.333. The second-order valence-corrected chi connectivity index (χ2v) is 2.96. The predicted molar refractivity (Wildman–Crippen MR) is 43.2 cm³/mol. The Morgan fingerprint density at radius 3 is 2.36 bits per heavy atom. The number of hydrogen-bond donors (Lipinski definition) is 1. The summed E-state index contributed by atoms with van der Waals surface area (Å²) in [6.45, 7) is 2.51. The molecule has 0 bridgehead atoms. The van der Waals surface area contributed by atoms with E-state index in [1.54, 1.807) is 0 Å². The van der Waals surface area contributed by atoms with Crippen LogP contribution in [0.5, 0.6) is 0 Å². The molecule has 0 aliphatic rings. The van der Waals surface area contributed by atoms with Crippen LogP contribution in [0.4, 0.5) is 13.2 Å². The Balaban J connectivity index is 3.39. The second-order valence-electron chi connectivity index (χ2n) is 2.96. The van der Waals surface area contributed by atoms with E-state index in [9.17, 15) is 13.2 Å². The fourth-order valence-corrected chi connectivity index (χ4v) is 1.16. The quantitative estimate of drug-likeness (QED) is 0.458. The van der Waals surface area contributed by atoms with Gasteiger partial charge < -0.3 is 0 Å². The molecule has 0 heterocycles. The van der Waals surface area contributed by atoms with Crippen molar-refractivity contribution < 1.29 is 23.3 Å². The van der Waals surface area contributed by atoms with Gasteiger partial charge in [-0.25, -0.2) is 18.1 Å².